The second-order valence-corrected chi connectivity index (χ2v) is 5.53. The van der Waals surface area contributed by atoms with Gasteiger partial charge in [-0.15, -0.1) is 0 Å². The lowest BCUT2D eigenvalue weighted by Crippen LogP contribution is -2.19. The van der Waals surface area contributed by atoms with Gasteiger partial charge in [0.25, 0.3) is 0 Å². The molecule has 2 aromatic rings. The summed E-state index contributed by atoms with van der Waals surface area (Å²) in [5.41, 5.74) is 2.18. The molecule has 2 aromatic heterocycles. The maximum absolute atomic E-state index is 9.49. The summed E-state index contributed by atoms with van der Waals surface area (Å²) in [6.45, 7) is 6.04. The third-order valence-corrected chi connectivity index (χ3v) is 3.99. The number of anilines is 1. The number of rotatable bonds is 7. The summed E-state index contributed by atoms with van der Waals surface area (Å²) < 4.78 is 10.5. The molecule has 2 rings (SSSR count). The predicted octanol–water partition coefficient (Wildman–Crippen LogP) is 3.34. The van der Waals surface area contributed by atoms with Crippen LogP contribution in [-0.4, -0.2) is 35.2 Å². The van der Waals surface area contributed by atoms with Gasteiger partial charge in [0.05, 0.1) is 31.2 Å². The van der Waals surface area contributed by atoms with Crippen LogP contribution in [0.2, 0.25) is 0 Å². The van der Waals surface area contributed by atoms with Crippen molar-refractivity contribution >= 4 is 5.82 Å². The van der Waals surface area contributed by atoms with Crippen LogP contribution in [0.4, 0.5) is 5.82 Å². The molecule has 7 nitrogen and oxygen atoms in total. The van der Waals surface area contributed by atoms with E-state index in [0.29, 0.717) is 34.5 Å². The van der Waals surface area contributed by atoms with Crippen LogP contribution in [0.5, 0.6) is 11.8 Å². The second kappa shape index (κ2) is 8.29. The highest BCUT2D eigenvalue weighted by molar-refractivity contribution is 5.69. The SMILES string of the molecule is CCC(CC)Nc1nc(C)c(-c2ccc(OC)nc2OC)nc1C#N. The van der Waals surface area contributed by atoms with Crippen LogP contribution in [0.25, 0.3) is 11.3 Å². The van der Waals surface area contributed by atoms with Crippen LogP contribution in [-0.2, 0) is 0 Å². The van der Waals surface area contributed by atoms with Crippen LogP contribution >= 0.6 is 0 Å². The first kappa shape index (κ1) is 18.5. The fourth-order valence-electron chi connectivity index (χ4n) is 2.51. The highest BCUT2D eigenvalue weighted by Crippen LogP contribution is 2.31. The molecule has 0 unspecified atom stereocenters. The number of nitriles is 1. The first-order valence-corrected chi connectivity index (χ1v) is 8.22. The summed E-state index contributed by atoms with van der Waals surface area (Å²) >= 11 is 0. The van der Waals surface area contributed by atoms with Gasteiger partial charge in [0.1, 0.15) is 6.07 Å². The average molecular weight is 341 g/mol. The molecule has 25 heavy (non-hydrogen) atoms. The largest absolute Gasteiger partial charge is 0.481 e. The van der Waals surface area contributed by atoms with Gasteiger partial charge in [-0.05, 0) is 25.8 Å². The Balaban J connectivity index is 2.52. The fraction of sp³-hybridized carbons (Fsp3) is 0.444. The summed E-state index contributed by atoms with van der Waals surface area (Å²) in [7, 11) is 3.07. The Hall–Kier alpha value is -2.88. The molecule has 0 spiro atoms. The van der Waals surface area contributed by atoms with E-state index in [-0.39, 0.29) is 11.7 Å². The zero-order valence-corrected chi connectivity index (χ0v) is 15.3. The smallest absolute Gasteiger partial charge is 0.226 e. The van der Waals surface area contributed by atoms with Gasteiger partial charge < -0.3 is 14.8 Å². The summed E-state index contributed by atoms with van der Waals surface area (Å²) in [4.78, 5) is 13.3. The summed E-state index contributed by atoms with van der Waals surface area (Å²) in [6, 6.07) is 5.90. The van der Waals surface area contributed by atoms with Crippen molar-refractivity contribution in [3.63, 3.8) is 0 Å². The van der Waals surface area contributed by atoms with Gasteiger partial charge in [0, 0.05) is 12.1 Å². The number of pyridine rings is 1. The second-order valence-electron chi connectivity index (χ2n) is 5.53. The quantitative estimate of drug-likeness (QED) is 0.825. The number of aryl methyl sites for hydroxylation is 1. The van der Waals surface area contributed by atoms with Crippen LogP contribution in [0.3, 0.4) is 0 Å². The van der Waals surface area contributed by atoms with Gasteiger partial charge in [-0.2, -0.15) is 10.2 Å². The van der Waals surface area contributed by atoms with Crippen LogP contribution in [0, 0.1) is 18.3 Å². The van der Waals surface area contributed by atoms with E-state index < -0.39 is 0 Å². The van der Waals surface area contributed by atoms with Gasteiger partial charge in [-0.25, -0.2) is 9.97 Å². The van der Waals surface area contributed by atoms with E-state index in [0.717, 1.165) is 12.8 Å². The molecule has 2 heterocycles. The van der Waals surface area contributed by atoms with Gasteiger partial charge in [-0.1, -0.05) is 13.8 Å². The van der Waals surface area contributed by atoms with Crippen LogP contribution in [0.15, 0.2) is 12.1 Å². The minimum absolute atomic E-state index is 0.254. The van der Waals surface area contributed by atoms with Crippen molar-refractivity contribution in [3.05, 3.63) is 23.5 Å². The van der Waals surface area contributed by atoms with E-state index in [2.05, 4.69) is 40.2 Å². The zero-order chi connectivity index (χ0) is 18.4. The average Bonchev–Trinajstić information content (AvgIpc) is 2.65. The zero-order valence-electron chi connectivity index (χ0n) is 15.3. The summed E-state index contributed by atoms with van der Waals surface area (Å²) in [6.07, 6.45) is 1.89. The first-order valence-electron chi connectivity index (χ1n) is 8.22. The Bertz CT molecular complexity index is 782. The van der Waals surface area contributed by atoms with E-state index >= 15 is 0 Å². The summed E-state index contributed by atoms with van der Waals surface area (Å²) in [5.74, 6) is 1.33. The molecule has 0 aliphatic heterocycles. The molecule has 7 heteroatoms. The van der Waals surface area contributed by atoms with Crippen molar-refractivity contribution in [2.24, 2.45) is 0 Å². The molecule has 0 aromatic carbocycles. The number of hydrogen-bond acceptors (Lipinski definition) is 7. The van der Waals surface area contributed by atoms with Crippen molar-refractivity contribution in [2.45, 2.75) is 39.7 Å². The van der Waals surface area contributed by atoms with Crippen molar-refractivity contribution in [3.8, 4) is 29.1 Å². The first-order chi connectivity index (χ1) is 12.1. The third-order valence-electron chi connectivity index (χ3n) is 3.99. The van der Waals surface area contributed by atoms with Crippen molar-refractivity contribution in [2.75, 3.05) is 19.5 Å². The molecule has 0 amide bonds. The normalized spacial score (nSPS) is 10.4. The van der Waals surface area contributed by atoms with E-state index in [9.17, 15) is 5.26 Å². The molecule has 0 bridgehead atoms. The number of aromatic nitrogens is 3. The minimum Gasteiger partial charge on any atom is -0.481 e. The van der Waals surface area contributed by atoms with Crippen LogP contribution in [0.1, 0.15) is 38.1 Å². The molecular weight excluding hydrogens is 318 g/mol. The van der Waals surface area contributed by atoms with E-state index in [1.807, 2.05) is 6.92 Å². The molecule has 0 fully saturated rings. The van der Waals surface area contributed by atoms with Crippen LogP contribution < -0.4 is 14.8 Å². The standard InChI is InChI=1S/C18H23N5O2/c1-6-12(7-2)21-17-14(10-19)22-16(11(3)20-17)13-8-9-15(24-4)23-18(13)25-5/h8-9,12H,6-7H2,1-5H3,(H,20,21). The molecule has 132 valence electrons. The van der Waals surface area contributed by atoms with Crippen molar-refractivity contribution in [1.82, 2.24) is 15.0 Å². The molecule has 0 atom stereocenters. The van der Waals surface area contributed by atoms with Gasteiger partial charge in [0.2, 0.25) is 11.8 Å². The maximum atomic E-state index is 9.49. The molecular formula is C18H23N5O2. The van der Waals surface area contributed by atoms with E-state index in [1.54, 1.807) is 19.2 Å². The number of hydrogen-bond donors (Lipinski definition) is 1. The topological polar surface area (TPSA) is 93.0 Å². The summed E-state index contributed by atoms with van der Waals surface area (Å²) in [5, 5.41) is 12.8. The Morgan fingerprint density at radius 1 is 1.12 bits per heavy atom. The van der Waals surface area contributed by atoms with Gasteiger partial charge in [-0.3, -0.25) is 0 Å². The number of methoxy groups -OCH3 is 2. The molecule has 0 saturated heterocycles. The molecule has 0 aliphatic carbocycles. The lowest BCUT2D eigenvalue weighted by molar-refractivity contribution is 0.365. The lowest BCUT2D eigenvalue weighted by atomic mass is 10.1. The molecule has 1 N–H and O–H groups in total. The lowest BCUT2D eigenvalue weighted by Gasteiger charge is -2.17. The highest BCUT2D eigenvalue weighted by atomic mass is 16.5. The van der Waals surface area contributed by atoms with Crippen molar-refractivity contribution in [1.29, 1.82) is 5.26 Å². The molecule has 0 saturated carbocycles. The molecule has 0 radical (unpaired) electrons. The molecule has 0 aliphatic rings. The highest BCUT2D eigenvalue weighted by Gasteiger charge is 2.18. The van der Waals surface area contributed by atoms with Gasteiger partial charge >= 0.3 is 0 Å². The number of nitrogens with zero attached hydrogens (tertiary/aromatic N) is 4. The maximum Gasteiger partial charge on any atom is 0.226 e. The fourth-order valence-corrected chi connectivity index (χ4v) is 2.51. The monoisotopic (exact) mass is 341 g/mol. The van der Waals surface area contributed by atoms with Crippen molar-refractivity contribution < 1.29 is 9.47 Å². The Kier molecular flexibility index (Phi) is 6.12. The van der Waals surface area contributed by atoms with Gasteiger partial charge in [0.15, 0.2) is 11.5 Å². The third kappa shape index (κ3) is 3.97. The number of nitrogens with one attached hydrogen (secondary N) is 1. The predicted molar refractivity (Wildman–Crippen MR) is 95.8 cm³/mol. The Morgan fingerprint density at radius 3 is 2.40 bits per heavy atom. The van der Waals surface area contributed by atoms with E-state index in [4.69, 9.17) is 9.47 Å². The minimum atomic E-state index is 0.254. The Morgan fingerprint density at radius 2 is 1.84 bits per heavy atom. The van der Waals surface area contributed by atoms with E-state index in [1.165, 1.54) is 7.11 Å². The number of ether oxygens (including phenoxy) is 2. The Labute approximate surface area is 148 Å².